The second-order valence-corrected chi connectivity index (χ2v) is 8.14. The van der Waals surface area contributed by atoms with E-state index >= 15 is 0 Å². The molecule has 36 heavy (non-hydrogen) atoms. The monoisotopic (exact) mass is 489 g/mol. The summed E-state index contributed by atoms with van der Waals surface area (Å²) in [7, 11) is 0. The highest BCUT2D eigenvalue weighted by atomic mass is 19.1. The van der Waals surface area contributed by atoms with Gasteiger partial charge in [-0.25, -0.2) is 18.6 Å². The van der Waals surface area contributed by atoms with Gasteiger partial charge in [-0.15, -0.1) is 0 Å². The fourth-order valence-electron chi connectivity index (χ4n) is 3.88. The molecule has 4 aromatic rings. The zero-order valence-electron chi connectivity index (χ0n) is 19.0. The first-order chi connectivity index (χ1) is 17.5. The van der Waals surface area contributed by atoms with Crippen LogP contribution < -0.4 is 15.5 Å². The van der Waals surface area contributed by atoms with Crippen LogP contribution in [0.3, 0.4) is 0 Å². The molecule has 5 rings (SSSR count). The number of ether oxygens (including phenoxy) is 1. The van der Waals surface area contributed by atoms with E-state index < -0.39 is 23.4 Å². The van der Waals surface area contributed by atoms with Crippen LogP contribution in [0.25, 0.3) is 11.0 Å². The lowest BCUT2D eigenvalue weighted by Crippen LogP contribution is -2.36. The van der Waals surface area contributed by atoms with Crippen LogP contribution in [-0.4, -0.2) is 48.1 Å². The van der Waals surface area contributed by atoms with E-state index in [9.17, 15) is 18.4 Å². The number of urea groups is 1. The number of halogens is 2. The Morgan fingerprint density at radius 1 is 0.889 bits per heavy atom. The predicted molar refractivity (Wildman–Crippen MR) is 131 cm³/mol. The van der Waals surface area contributed by atoms with Crippen LogP contribution in [0.15, 0.2) is 66.9 Å². The number of carbonyl (C=O) groups is 2. The van der Waals surface area contributed by atoms with Crippen molar-refractivity contribution in [1.82, 2.24) is 9.97 Å². The molecule has 1 aliphatic heterocycles. The Hall–Kier alpha value is -4.44. The summed E-state index contributed by atoms with van der Waals surface area (Å²) in [6.45, 7) is 2.58. The van der Waals surface area contributed by atoms with Gasteiger partial charge in [-0.05, 0) is 54.6 Å². The van der Waals surface area contributed by atoms with Crippen LogP contribution >= 0.6 is 0 Å². The first kappa shape index (κ1) is 23.3. The Labute approximate surface area is 204 Å². The van der Waals surface area contributed by atoms with Crippen LogP contribution in [-0.2, 0) is 4.74 Å². The summed E-state index contributed by atoms with van der Waals surface area (Å²) < 4.78 is 33.3. The molecule has 3 aromatic carbocycles. The molecule has 1 fully saturated rings. The van der Waals surface area contributed by atoms with Crippen LogP contribution in [0.4, 0.5) is 30.8 Å². The Morgan fingerprint density at radius 2 is 1.67 bits per heavy atom. The Balaban J connectivity index is 1.37. The summed E-state index contributed by atoms with van der Waals surface area (Å²) in [5.74, 6) is -1.12. The molecule has 182 valence electrons. The minimum absolute atomic E-state index is 0.198. The van der Waals surface area contributed by atoms with Gasteiger partial charge < -0.3 is 20.3 Å². The number of rotatable bonds is 5. The number of nitrogens with one attached hydrogen (secondary N) is 2. The molecule has 0 radical (unpaired) electrons. The summed E-state index contributed by atoms with van der Waals surface area (Å²) >= 11 is 0. The van der Waals surface area contributed by atoms with Crippen molar-refractivity contribution in [3.8, 4) is 0 Å². The van der Waals surface area contributed by atoms with Gasteiger partial charge in [-0.3, -0.25) is 9.78 Å². The normalized spacial score (nSPS) is 13.4. The maximum Gasteiger partial charge on any atom is 0.323 e. The van der Waals surface area contributed by atoms with Crippen LogP contribution in [0, 0.1) is 11.6 Å². The van der Waals surface area contributed by atoms with E-state index in [1.54, 1.807) is 24.4 Å². The minimum atomic E-state index is -0.732. The maximum atomic E-state index is 14.6. The zero-order chi connectivity index (χ0) is 25.1. The number of aromatic nitrogens is 2. The van der Waals surface area contributed by atoms with Crippen molar-refractivity contribution < 1.29 is 23.1 Å². The van der Waals surface area contributed by atoms with Crippen LogP contribution in [0.5, 0.6) is 0 Å². The number of nitrogens with zero attached hydrogens (tertiary/aromatic N) is 3. The van der Waals surface area contributed by atoms with E-state index in [1.807, 2.05) is 4.90 Å². The Bertz CT molecular complexity index is 1460. The van der Waals surface area contributed by atoms with E-state index in [4.69, 9.17) is 4.74 Å². The lowest BCUT2D eigenvalue weighted by atomic mass is 10.0. The summed E-state index contributed by atoms with van der Waals surface area (Å²) in [4.78, 5) is 36.6. The van der Waals surface area contributed by atoms with Crippen molar-refractivity contribution in [2.75, 3.05) is 41.8 Å². The second-order valence-electron chi connectivity index (χ2n) is 8.14. The van der Waals surface area contributed by atoms with Crippen LogP contribution in [0.2, 0.25) is 0 Å². The molecule has 0 atom stereocenters. The summed E-state index contributed by atoms with van der Waals surface area (Å²) in [5, 5.41) is 5.01. The molecular formula is C26H21F2N5O3. The number of morpholine rings is 1. The molecule has 2 N–H and O–H groups in total. The lowest BCUT2D eigenvalue weighted by Gasteiger charge is -2.27. The molecule has 2 amide bonds. The van der Waals surface area contributed by atoms with Crippen LogP contribution in [0.1, 0.15) is 15.9 Å². The van der Waals surface area contributed by atoms with Gasteiger partial charge >= 0.3 is 6.03 Å². The largest absolute Gasteiger partial charge is 0.378 e. The van der Waals surface area contributed by atoms with E-state index in [-0.39, 0.29) is 22.5 Å². The summed E-state index contributed by atoms with van der Waals surface area (Å²) in [5.41, 5.74) is 1.58. The number of ketones is 1. The van der Waals surface area contributed by atoms with Gasteiger partial charge in [0.1, 0.15) is 17.5 Å². The Morgan fingerprint density at radius 3 is 2.44 bits per heavy atom. The van der Waals surface area contributed by atoms with Gasteiger partial charge in [0.2, 0.25) is 0 Å². The average Bonchev–Trinajstić information content (AvgIpc) is 2.89. The Kier molecular flexibility index (Phi) is 6.50. The molecule has 0 spiro atoms. The molecule has 0 bridgehead atoms. The number of fused-ring (bicyclic) bond motifs is 1. The standard InChI is InChI=1S/C26H21F2N5O3/c27-17-2-1-3-18(13-17)30-26(35)31-19-5-6-21(28)20(14-19)25(34)16-4-7-22-23(12-16)32-24(15-29-22)33-8-10-36-11-9-33/h1-7,12-15H,8-11H2,(H2,30,31,35). The molecule has 10 heteroatoms. The third-order valence-corrected chi connectivity index (χ3v) is 5.68. The molecule has 1 aliphatic rings. The fraction of sp³-hybridized carbons (Fsp3) is 0.154. The fourth-order valence-corrected chi connectivity index (χ4v) is 3.88. The highest BCUT2D eigenvalue weighted by Crippen LogP contribution is 2.23. The van der Waals surface area contributed by atoms with E-state index in [1.165, 1.54) is 30.3 Å². The van der Waals surface area contributed by atoms with Gasteiger partial charge in [0.25, 0.3) is 0 Å². The first-order valence-corrected chi connectivity index (χ1v) is 11.2. The number of carbonyl (C=O) groups excluding carboxylic acids is 2. The zero-order valence-corrected chi connectivity index (χ0v) is 19.0. The molecule has 0 saturated carbocycles. The molecular weight excluding hydrogens is 468 g/mol. The van der Waals surface area contributed by atoms with Crippen molar-refractivity contribution >= 4 is 40.0 Å². The quantitative estimate of drug-likeness (QED) is 0.397. The van der Waals surface area contributed by atoms with Gasteiger partial charge in [-0.1, -0.05) is 6.07 Å². The highest BCUT2D eigenvalue weighted by Gasteiger charge is 2.18. The van der Waals surface area contributed by atoms with E-state index in [0.29, 0.717) is 43.2 Å². The number of hydrogen-bond acceptors (Lipinski definition) is 6. The van der Waals surface area contributed by atoms with Gasteiger partial charge in [-0.2, -0.15) is 0 Å². The first-order valence-electron chi connectivity index (χ1n) is 11.2. The van der Waals surface area contributed by atoms with Gasteiger partial charge in [0, 0.05) is 30.0 Å². The second kappa shape index (κ2) is 10.0. The van der Waals surface area contributed by atoms with E-state index in [0.717, 1.165) is 12.1 Å². The number of benzene rings is 3. The average molecular weight is 489 g/mol. The molecule has 2 heterocycles. The van der Waals surface area contributed by atoms with E-state index in [2.05, 4.69) is 20.6 Å². The molecule has 0 unspecified atom stereocenters. The van der Waals surface area contributed by atoms with Crippen molar-refractivity contribution in [3.05, 3.63) is 89.6 Å². The molecule has 1 saturated heterocycles. The lowest BCUT2D eigenvalue weighted by molar-refractivity contribution is 0.103. The van der Waals surface area contributed by atoms with Gasteiger partial charge in [0.05, 0.1) is 36.0 Å². The SMILES string of the molecule is O=C(Nc1cccc(F)c1)Nc1ccc(F)c(C(=O)c2ccc3ncc(N4CCOCC4)nc3c2)c1. The third-order valence-electron chi connectivity index (χ3n) is 5.68. The van der Waals surface area contributed by atoms with Crippen molar-refractivity contribution in [2.24, 2.45) is 0 Å². The summed E-state index contributed by atoms with van der Waals surface area (Å²) in [6, 6.07) is 13.2. The number of hydrogen-bond donors (Lipinski definition) is 2. The van der Waals surface area contributed by atoms with Crippen molar-refractivity contribution in [3.63, 3.8) is 0 Å². The van der Waals surface area contributed by atoms with Crippen molar-refractivity contribution in [2.45, 2.75) is 0 Å². The third kappa shape index (κ3) is 5.13. The minimum Gasteiger partial charge on any atom is -0.378 e. The number of anilines is 3. The molecule has 8 nitrogen and oxygen atoms in total. The smallest absolute Gasteiger partial charge is 0.323 e. The number of amides is 2. The van der Waals surface area contributed by atoms with Gasteiger partial charge in [0.15, 0.2) is 5.78 Å². The van der Waals surface area contributed by atoms with Crippen molar-refractivity contribution in [1.29, 1.82) is 0 Å². The predicted octanol–water partition coefficient (Wildman–Crippen LogP) is 4.62. The molecule has 0 aliphatic carbocycles. The maximum absolute atomic E-state index is 14.6. The summed E-state index contributed by atoms with van der Waals surface area (Å²) in [6.07, 6.45) is 1.68. The molecule has 1 aromatic heterocycles. The highest BCUT2D eigenvalue weighted by molar-refractivity contribution is 6.11. The topological polar surface area (TPSA) is 96.5 Å².